The molecule has 0 amide bonds. The molecule has 0 bridgehead atoms. The summed E-state index contributed by atoms with van der Waals surface area (Å²) in [6.45, 7) is 6.34. The van der Waals surface area contributed by atoms with Gasteiger partial charge in [-0.3, -0.25) is 0 Å². The van der Waals surface area contributed by atoms with Crippen LogP contribution in [0, 0.1) is 17.8 Å². The van der Waals surface area contributed by atoms with Crippen LogP contribution < -0.4 is 0 Å². The molecule has 0 rings (SSSR count). The summed E-state index contributed by atoms with van der Waals surface area (Å²) in [4.78, 5) is 0. The van der Waals surface area contributed by atoms with Crippen molar-refractivity contribution >= 4 is 0 Å². The predicted octanol–water partition coefficient (Wildman–Crippen LogP) is 3.57. The fourth-order valence-electron chi connectivity index (χ4n) is 0.879. The zero-order valence-electron chi connectivity index (χ0n) is 8.04. The van der Waals surface area contributed by atoms with Gasteiger partial charge in [0, 0.05) is 12.3 Å². The van der Waals surface area contributed by atoms with Crippen LogP contribution in [0.3, 0.4) is 0 Å². The van der Waals surface area contributed by atoms with Crippen LogP contribution >= 0.6 is 0 Å². The number of hydrogen-bond acceptors (Lipinski definition) is 0. The molecular weight excluding hydrogens is 132 g/mol. The summed E-state index contributed by atoms with van der Waals surface area (Å²) in [5.74, 6) is 7.47. The second-order valence-corrected chi connectivity index (χ2v) is 3.11. The fraction of sp³-hybridized carbons (Fsp3) is 0.727. The monoisotopic (exact) mass is 151 g/mol. The minimum Gasteiger partial charge on any atom is -0.103 e. The van der Waals surface area contributed by atoms with E-state index in [9.17, 15) is 0 Å². The molecule has 0 aromatic carbocycles. The maximum absolute atomic E-state index is 3.16. The smallest absolute Gasteiger partial charge is 0.0418 e. The Kier molecular flexibility index (Phi) is 7.36. The highest BCUT2D eigenvalue weighted by molar-refractivity contribution is 5.16. The molecule has 0 heterocycles. The van der Waals surface area contributed by atoms with Crippen LogP contribution in [0.1, 0.15) is 52.9 Å². The Morgan fingerprint density at radius 2 is 1.82 bits per heavy atom. The first-order valence-electron chi connectivity index (χ1n) is 4.56. The normalized spacial score (nSPS) is 9.45. The van der Waals surface area contributed by atoms with Crippen molar-refractivity contribution in [3.8, 4) is 11.8 Å². The summed E-state index contributed by atoms with van der Waals surface area (Å²) in [6.07, 6.45) is 6.36. The van der Waals surface area contributed by atoms with Crippen molar-refractivity contribution in [2.45, 2.75) is 52.9 Å². The van der Waals surface area contributed by atoms with E-state index < -0.39 is 0 Å². The van der Waals surface area contributed by atoms with Gasteiger partial charge in [0.1, 0.15) is 0 Å². The molecule has 0 nitrogen and oxygen atoms in total. The third-order valence-corrected chi connectivity index (χ3v) is 1.49. The fourth-order valence-corrected chi connectivity index (χ4v) is 0.879. The van der Waals surface area contributed by atoms with E-state index in [0.29, 0.717) is 0 Å². The summed E-state index contributed by atoms with van der Waals surface area (Å²) in [7, 11) is 0. The van der Waals surface area contributed by atoms with Crippen LogP contribution in [0.4, 0.5) is 0 Å². The molecule has 0 atom stereocenters. The van der Waals surface area contributed by atoms with E-state index in [4.69, 9.17) is 0 Å². The van der Waals surface area contributed by atoms with Crippen LogP contribution in [0.15, 0.2) is 0 Å². The second kappa shape index (κ2) is 7.66. The molecule has 0 aliphatic carbocycles. The van der Waals surface area contributed by atoms with Gasteiger partial charge in [-0.25, -0.2) is 0 Å². The lowest BCUT2D eigenvalue weighted by atomic mass is 10.1. The van der Waals surface area contributed by atoms with Gasteiger partial charge >= 0.3 is 0 Å². The largest absolute Gasteiger partial charge is 0.103 e. The van der Waals surface area contributed by atoms with Crippen LogP contribution in [0.5, 0.6) is 0 Å². The quantitative estimate of drug-likeness (QED) is 0.425. The molecule has 63 valence electrons. The summed E-state index contributed by atoms with van der Waals surface area (Å²) in [6, 6.07) is 0. The average molecular weight is 151 g/mol. The van der Waals surface area contributed by atoms with Gasteiger partial charge in [-0.05, 0) is 20.3 Å². The summed E-state index contributed by atoms with van der Waals surface area (Å²) in [5.41, 5.74) is 0. The molecule has 0 aromatic heterocycles. The van der Waals surface area contributed by atoms with Crippen molar-refractivity contribution in [2.75, 3.05) is 0 Å². The van der Waals surface area contributed by atoms with E-state index in [0.717, 1.165) is 6.42 Å². The molecular formula is C11H19. The molecule has 0 aliphatic heterocycles. The molecule has 0 heteroatoms. The van der Waals surface area contributed by atoms with Gasteiger partial charge in [-0.1, -0.05) is 32.1 Å². The standard InChI is InChI=1S/C11H19/c1-4-5-6-7-8-9-10-11(2)3/h4-8H2,1-3H3. The lowest BCUT2D eigenvalue weighted by molar-refractivity contribution is 0.679. The first-order chi connectivity index (χ1) is 5.27. The average Bonchev–Trinajstić information content (AvgIpc) is 1.96. The van der Waals surface area contributed by atoms with E-state index in [1.165, 1.54) is 31.6 Å². The molecule has 0 aliphatic rings. The van der Waals surface area contributed by atoms with Gasteiger partial charge in [0.15, 0.2) is 0 Å². The number of unbranched alkanes of at least 4 members (excludes halogenated alkanes) is 4. The minimum atomic E-state index is 1.07. The van der Waals surface area contributed by atoms with Crippen LogP contribution in [-0.2, 0) is 0 Å². The Morgan fingerprint density at radius 1 is 1.09 bits per heavy atom. The maximum atomic E-state index is 3.16. The Bertz CT molecular complexity index is 123. The lowest BCUT2D eigenvalue weighted by Gasteiger charge is -1.92. The third kappa shape index (κ3) is 9.56. The molecule has 0 saturated carbocycles. The van der Waals surface area contributed by atoms with Gasteiger partial charge in [-0.2, -0.15) is 0 Å². The van der Waals surface area contributed by atoms with Crippen molar-refractivity contribution < 1.29 is 0 Å². The van der Waals surface area contributed by atoms with Crippen LogP contribution in [0.2, 0.25) is 0 Å². The molecule has 11 heavy (non-hydrogen) atoms. The van der Waals surface area contributed by atoms with Crippen LogP contribution in [-0.4, -0.2) is 0 Å². The van der Waals surface area contributed by atoms with E-state index in [-0.39, 0.29) is 0 Å². The zero-order chi connectivity index (χ0) is 8.53. The maximum Gasteiger partial charge on any atom is 0.0418 e. The highest BCUT2D eigenvalue weighted by atomic mass is 13.9. The van der Waals surface area contributed by atoms with E-state index in [2.05, 4.69) is 32.6 Å². The van der Waals surface area contributed by atoms with E-state index in [1.807, 2.05) is 0 Å². The Labute approximate surface area is 71.4 Å². The molecule has 0 fully saturated rings. The minimum absolute atomic E-state index is 1.07. The van der Waals surface area contributed by atoms with Crippen molar-refractivity contribution in [1.82, 2.24) is 0 Å². The predicted molar refractivity (Wildman–Crippen MR) is 51.1 cm³/mol. The van der Waals surface area contributed by atoms with Crippen molar-refractivity contribution in [1.29, 1.82) is 0 Å². The van der Waals surface area contributed by atoms with E-state index >= 15 is 0 Å². The van der Waals surface area contributed by atoms with Gasteiger partial charge in [0.2, 0.25) is 0 Å². The number of hydrogen-bond donors (Lipinski definition) is 0. The molecule has 0 N–H and O–H groups in total. The van der Waals surface area contributed by atoms with E-state index in [1.54, 1.807) is 0 Å². The number of rotatable bonds is 4. The van der Waals surface area contributed by atoms with Crippen LogP contribution in [0.25, 0.3) is 0 Å². The highest BCUT2D eigenvalue weighted by Gasteiger charge is 1.85. The SMILES string of the molecule is CCCCCCC#C[C](C)C. The second-order valence-electron chi connectivity index (χ2n) is 3.11. The topological polar surface area (TPSA) is 0 Å². The van der Waals surface area contributed by atoms with Gasteiger partial charge in [0.05, 0.1) is 0 Å². The van der Waals surface area contributed by atoms with Crippen molar-refractivity contribution in [3.63, 3.8) is 0 Å². The molecule has 0 saturated heterocycles. The van der Waals surface area contributed by atoms with Gasteiger partial charge in [0.25, 0.3) is 0 Å². The molecule has 0 spiro atoms. The Balaban J connectivity index is 3.09. The zero-order valence-corrected chi connectivity index (χ0v) is 8.04. The Morgan fingerprint density at radius 3 is 2.36 bits per heavy atom. The Hall–Kier alpha value is -0.440. The summed E-state index contributed by atoms with van der Waals surface area (Å²) in [5, 5.41) is 0. The first kappa shape index (κ1) is 10.6. The van der Waals surface area contributed by atoms with Crippen molar-refractivity contribution in [2.24, 2.45) is 0 Å². The van der Waals surface area contributed by atoms with Crippen molar-refractivity contribution in [3.05, 3.63) is 5.92 Å². The van der Waals surface area contributed by atoms with Gasteiger partial charge < -0.3 is 0 Å². The molecule has 1 radical (unpaired) electrons. The molecule has 0 unspecified atom stereocenters. The highest BCUT2D eigenvalue weighted by Crippen LogP contribution is 2.01. The summed E-state index contributed by atoms with van der Waals surface area (Å²) >= 11 is 0. The molecule has 0 aromatic rings. The van der Waals surface area contributed by atoms with Gasteiger partial charge in [-0.15, -0.1) is 5.92 Å². The first-order valence-corrected chi connectivity index (χ1v) is 4.56. The third-order valence-electron chi connectivity index (χ3n) is 1.49. The summed E-state index contributed by atoms with van der Waals surface area (Å²) < 4.78 is 0. The lowest BCUT2D eigenvalue weighted by Crippen LogP contribution is -1.77.